The minimum atomic E-state index is 0.228. The summed E-state index contributed by atoms with van der Waals surface area (Å²) < 4.78 is 0.228. The molecule has 2 aromatic rings. The summed E-state index contributed by atoms with van der Waals surface area (Å²) >= 11 is 7.04. The van der Waals surface area contributed by atoms with E-state index in [1.807, 2.05) is 0 Å². The molecule has 0 heterocycles. The van der Waals surface area contributed by atoms with Crippen LogP contribution < -0.4 is 0 Å². The molecule has 2 rings (SSSR count). The molecule has 0 nitrogen and oxygen atoms in total. The summed E-state index contributed by atoms with van der Waals surface area (Å²) in [5, 5.41) is 2.58. The van der Waals surface area contributed by atoms with Crippen LogP contribution in [0, 0.1) is 0 Å². The van der Waals surface area contributed by atoms with Crippen LogP contribution in [0.15, 0.2) is 42.5 Å². The van der Waals surface area contributed by atoms with Gasteiger partial charge < -0.3 is 0 Å². The van der Waals surface area contributed by atoms with Gasteiger partial charge in [0.2, 0.25) is 0 Å². The lowest BCUT2D eigenvalue weighted by Gasteiger charge is -2.06. The lowest BCUT2D eigenvalue weighted by atomic mass is 10.1. The zero-order valence-corrected chi connectivity index (χ0v) is 10.0. The van der Waals surface area contributed by atoms with Crippen molar-refractivity contribution in [2.45, 2.75) is 3.74 Å². The van der Waals surface area contributed by atoms with Crippen LogP contribution in [0.5, 0.6) is 0 Å². The molecule has 0 aromatic heterocycles. The van der Waals surface area contributed by atoms with Crippen molar-refractivity contribution >= 4 is 42.6 Å². The van der Waals surface area contributed by atoms with E-state index in [2.05, 4.69) is 74.3 Å². The third-order valence-corrected chi connectivity index (χ3v) is 3.04. The average Bonchev–Trinajstić information content (AvgIpc) is 2.17. The Hall–Kier alpha value is -0.340. The van der Waals surface area contributed by atoms with E-state index in [0.717, 1.165) is 0 Å². The molecular formula is C11H8Br2. The van der Waals surface area contributed by atoms with E-state index in [1.165, 1.54) is 16.3 Å². The highest BCUT2D eigenvalue weighted by molar-refractivity contribution is 9.24. The third kappa shape index (κ3) is 1.79. The van der Waals surface area contributed by atoms with Crippen molar-refractivity contribution < 1.29 is 0 Å². The van der Waals surface area contributed by atoms with Gasteiger partial charge in [-0.05, 0) is 16.3 Å². The summed E-state index contributed by atoms with van der Waals surface area (Å²) in [6.45, 7) is 0. The zero-order chi connectivity index (χ0) is 9.26. The van der Waals surface area contributed by atoms with Gasteiger partial charge in [-0.15, -0.1) is 0 Å². The molecule has 2 heteroatoms. The topological polar surface area (TPSA) is 0 Å². The first kappa shape index (κ1) is 9.22. The van der Waals surface area contributed by atoms with Crippen molar-refractivity contribution in [3.8, 4) is 0 Å². The number of halogens is 2. The van der Waals surface area contributed by atoms with Crippen LogP contribution in [0.25, 0.3) is 10.8 Å². The quantitative estimate of drug-likeness (QED) is 0.674. The first-order chi connectivity index (χ1) is 6.29. The SMILES string of the molecule is BrC(Br)c1cccc2ccccc12. The van der Waals surface area contributed by atoms with E-state index >= 15 is 0 Å². The van der Waals surface area contributed by atoms with Crippen LogP contribution in [-0.2, 0) is 0 Å². The fraction of sp³-hybridized carbons (Fsp3) is 0.0909. The maximum absolute atomic E-state index is 3.52. The van der Waals surface area contributed by atoms with Crippen molar-refractivity contribution in [2.24, 2.45) is 0 Å². The maximum atomic E-state index is 3.52. The summed E-state index contributed by atoms with van der Waals surface area (Å²) in [4.78, 5) is 0. The van der Waals surface area contributed by atoms with E-state index in [0.29, 0.717) is 0 Å². The maximum Gasteiger partial charge on any atom is 0.0952 e. The molecule has 0 fully saturated rings. The molecule has 0 unspecified atom stereocenters. The Morgan fingerprint density at radius 1 is 0.846 bits per heavy atom. The number of benzene rings is 2. The minimum absolute atomic E-state index is 0.228. The predicted octanol–water partition coefficient (Wildman–Crippen LogP) is 4.63. The highest BCUT2D eigenvalue weighted by Gasteiger charge is 2.05. The highest BCUT2D eigenvalue weighted by atomic mass is 79.9. The monoisotopic (exact) mass is 298 g/mol. The van der Waals surface area contributed by atoms with Crippen molar-refractivity contribution in [1.29, 1.82) is 0 Å². The Morgan fingerprint density at radius 2 is 1.54 bits per heavy atom. The average molecular weight is 300 g/mol. The van der Waals surface area contributed by atoms with Crippen molar-refractivity contribution in [1.82, 2.24) is 0 Å². The summed E-state index contributed by atoms with van der Waals surface area (Å²) in [6.07, 6.45) is 0. The summed E-state index contributed by atoms with van der Waals surface area (Å²) in [5.41, 5.74) is 1.28. The van der Waals surface area contributed by atoms with Gasteiger partial charge in [0.15, 0.2) is 0 Å². The molecule has 13 heavy (non-hydrogen) atoms. The van der Waals surface area contributed by atoms with Crippen molar-refractivity contribution in [2.75, 3.05) is 0 Å². The first-order valence-corrected chi connectivity index (χ1v) is 5.88. The van der Waals surface area contributed by atoms with E-state index in [-0.39, 0.29) is 3.74 Å². The van der Waals surface area contributed by atoms with Crippen LogP contribution in [0.1, 0.15) is 9.30 Å². The Balaban J connectivity index is 2.76. The normalized spacial score (nSPS) is 11.0. The van der Waals surface area contributed by atoms with Crippen molar-refractivity contribution in [3.63, 3.8) is 0 Å². The molecule has 0 saturated heterocycles. The van der Waals surface area contributed by atoms with Gasteiger partial charge in [0.05, 0.1) is 3.74 Å². The second-order valence-corrected chi connectivity index (χ2v) is 5.93. The third-order valence-electron chi connectivity index (χ3n) is 2.06. The molecule has 2 aromatic carbocycles. The molecule has 0 radical (unpaired) electrons. The van der Waals surface area contributed by atoms with E-state index in [9.17, 15) is 0 Å². The van der Waals surface area contributed by atoms with Crippen LogP contribution in [-0.4, -0.2) is 0 Å². The van der Waals surface area contributed by atoms with Gasteiger partial charge >= 0.3 is 0 Å². The first-order valence-electron chi connectivity index (χ1n) is 4.05. The van der Waals surface area contributed by atoms with Crippen LogP contribution in [0.3, 0.4) is 0 Å². The molecule has 0 bridgehead atoms. The van der Waals surface area contributed by atoms with Crippen LogP contribution >= 0.6 is 31.9 Å². The zero-order valence-electron chi connectivity index (χ0n) is 6.87. The van der Waals surface area contributed by atoms with Crippen LogP contribution in [0.2, 0.25) is 0 Å². The molecule has 0 amide bonds. The molecule has 0 aliphatic rings. The van der Waals surface area contributed by atoms with E-state index in [4.69, 9.17) is 0 Å². The van der Waals surface area contributed by atoms with Gasteiger partial charge in [-0.1, -0.05) is 74.3 Å². The summed E-state index contributed by atoms with van der Waals surface area (Å²) in [5.74, 6) is 0. The Bertz CT molecular complexity index is 416. The molecule has 0 saturated carbocycles. The van der Waals surface area contributed by atoms with Gasteiger partial charge in [0, 0.05) is 0 Å². The Labute approximate surface area is 94.2 Å². The molecule has 0 spiro atoms. The molecule has 66 valence electrons. The number of alkyl halides is 2. The second-order valence-electron chi connectivity index (χ2n) is 2.87. The molecule has 0 aliphatic heterocycles. The standard InChI is InChI=1S/C11H8Br2/c12-11(13)10-7-3-5-8-4-1-2-6-9(8)10/h1-7,11H. The van der Waals surface area contributed by atoms with Crippen molar-refractivity contribution in [3.05, 3.63) is 48.0 Å². The predicted molar refractivity (Wildman–Crippen MR) is 64.5 cm³/mol. The lowest BCUT2D eigenvalue weighted by molar-refractivity contribution is 1.47. The molecular weight excluding hydrogens is 292 g/mol. The molecule has 0 atom stereocenters. The van der Waals surface area contributed by atoms with E-state index < -0.39 is 0 Å². The molecule has 0 N–H and O–H groups in total. The second kappa shape index (κ2) is 3.81. The Kier molecular flexibility index (Phi) is 2.70. The fourth-order valence-electron chi connectivity index (χ4n) is 1.44. The smallest absolute Gasteiger partial charge is 0.0712 e. The van der Waals surface area contributed by atoms with Gasteiger partial charge in [-0.25, -0.2) is 0 Å². The van der Waals surface area contributed by atoms with Gasteiger partial charge in [-0.3, -0.25) is 0 Å². The fourth-order valence-corrected chi connectivity index (χ4v) is 2.24. The largest absolute Gasteiger partial charge is 0.0952 e. The summed E-state index contributed by atoms with van der Waals surface area (Å²) in [7, 11) is 0. The number of hydrogen-bond acceptors (Lipinski definition) is 0. The molecule has 0 aliphatic carbocycles. The van der Waals surface area contributed by atoms with Gasteiger partial charge in [0.1, 0.15) is 0 Å². The number of hydrogen-bond donors (Lipinski definition) is 0. The van der Waals surface area contributed by atoms with Gasteiger partial charge in [0.25, 0.3) is 0 Å². The van der Waals surface area contributed by atoms with Crippen LogP contribution in [0.4, 0.5) is 0 Å². The minimum Gasteiger partial charge on any atom is -0.0712 e. The van der Waals surface area contributed by atoms with E-state index in [1.54, 1.807) is 0 Å². The number of rotatable bonds is 1. The lowest BCUT2D eigenvalue weighted by Crippen LogP contribution is -1.82. The Morgan fingerprint density at radius 3 is 2.31 bits per heavy atom. The number of fused-ring (bicyclic) bond motifs is 1. The van der Waals surface area contributed by atoms with Gasteiger partial charge in [-0.2, -0.15) is 0 Å². The highest BCUT2D eigenvalue weighted by Crippen LogP contribution is 2.34. The summed E-state index contributed by atoms with van der Waals surface area (Å²) in [6, 6.07) is 14.7.